The molecule has 3 rings (SSSR count). The van der Waals surface area contributed by atoms with E-state index in [1.165, 1.54) is 12.5 Å². The molecule has 2 aromatic rings. The minimum absolute atomic E-state index is 0.290. The third-order valence-electron chi connectivity index (χ3n) is 4.49. The van der Waals surface area contributed by atoms with Crippen LogP contribution in [0, 0.1) is 0 Å². The van der Waals surface area contributed by atoms with Crippen molar-refractivity contribution in [3.05, 3.63) is 36.1 Å². The molecular formula is C21H29N7O2. The Kier molecular flexibility index (Phi) is 6.39. The van der Waals surface area contributed by atoms with Gasteiger partial charge in [-0.1, -0.05) is 6.08 Å². The van der Waals surface area contributed by atoms with Crippen molar-refractivity contribution < 1.29 is 9.53 Å². The van der Waals surface area contributed by atoms with E-state index >= 15 is 0 Å². The Morgan fingerprint density at radius 2 is 2.23 bits per heavy atom. The molecule has 0 unspecified atom stereocenters. The van der Waals surface area contributed by atoms with Crippen molar-refractivity contribution in [1.29, 1.82) is 0 Å². The largest absolute Gasteiger partial charge is 0.444 e. The summed E-state index contributed by atoms with van der Waals surface area (Å²) in [6, 6.07) is 2.01. The van der Waals surface area contributed by atoms with E-state index in [-0.39, 0.29) is 6.09 Å². The molecule has 9 nitrogen and oxygen atoms in total. The summed E-state index contributed by atoms with van der Waals surface area (Å²) in [7, 11) is 0. The standard InChI is InChI=1S/C21H29N7O2/c1-5-23-12-15(11-22)26-18-16-10-17(27-19(16)25-13-24-18)14-6-8-28(9-7-14)20(29)30-21(2,3)4/h6,10-13H,5,7-9,22H2,1-4H3,(H2,24,25,26,27). The smallest absolute Gasteiger partial charge is 0.410 e. The van der Waals surface area contributed by atoms with Gasteiger partial charge in [-0.05, 0) is 45.8 Å². The number of carbonyl (C=O) groups is 1. The average molecular weight is 412 g/mol. The lowest BCUT2D eigenvalue weighted by atomic mass is 10.1. The zero-order chi connectivity index (χ0) is 21.7. The summed E-state index contributed by atoms with van der Waals surface area (Å²) in [5.41, 5.74) is 8.65. The van der Waals surface area contributed by atoms with Gasteiger partial charge in [0.15, 0.2) is 0 Å². The van der Waals surface area contributed by atoms with Crippen LogP contribution >= 0.6 is 0 Å². The average Bonchev–Trinajstić information content (AvgIpc) is 3.15. The van der Waals surface area contributed by atoms with E-state index in [1.807, 2.05) is 39.8 Å². The Morgan fingerprint density at radius 3 is 2.87 bits per heavy atom. The number of hydrogen-bond acceptors (Lipinski definition) is 7. The number of aromatic nitrogens is 3. The Labute approximate surface area is 176 Å². The SMILES string of the molecule is CCN=CC(=CN)Nc1ncnc2[nH]c(C3=CCN(C(=O)OC(C)(C)C)CC3)cc12. The second-order valence-electron chi connectivity index (χ2n) is 7.95. The van der Waals surface area contributed by atoms with Crippen LogP contribution in [-0.2, 0) is 4.74 Å². The van der Waals surface area contributed by atoms with E-state index in [0.29, 0.717) is 31.1 Å². The first-order chi connectivity index (χ1) is 14.3. The maximum absolute atomic E-state index is 12.3. The van der Waals surface area contributed by atoms with Crippen LogP contribution in [0.5, 0.6) is 0 Å². The van der Waals surface area contributed by atoms with Crippen LogP contribution in [0.2, 0.25) is 0 Å². The molecule has 0 radical (unpaired) electrons. The van der Waals surface area contributed by atoms with Gasteiger partial charge in [0.25, 0.3) is 0 Å². The number of allylic oxidation sites excluding steroid dienone is 1. The number of hydrogen-bond donors (Lipinski definition) is 3. The highest BCUT2D eigenvalue weighted by Crippen LogP contribution is 2.28. The van der Waals surface area contributed by atoms with Crippen molar-refractivity contribution in [2.75, 3.05) is 25.0 Å². The number of aromatic amines is 1. The molecule has 0 saturated heterocycles. The van der Waals surface area contributed by atoms with Gasteiger partial charge in [0.2, 0.25) is 0 Å². The molecule has 0 fully saturated rings. The van der Waals surface area contributed by atoms with Crippen LogP contribution in [0.15, 0.2) is 35.4 Å². The van der Waals surface area contributed by atoms with Crippen molar-refractivity contribution >= 4 is 34.7 Å². The van der Waals surface area contributed by atoms with Crippen LogP contribution in [0.3, 0.4) is 0 Å². The quantitative estimate of drug-likeness (QED) is 0.649. The molecule has 2 aromatic heterocycles. The second kappa shape index (κ2) is 8.98. The van der Waals surface area contributed by atoms with Gasteiger partial charge in [-0.3, -0.25) is 4.99 Å². The third kappa shape index (κ3) is 5.16. The number of nitrogens with one attached hydrogen (secondary N) is 2. The summed E-state index contributed by atoms with van der Waals surface area (Å²) in [6.45, 7) is 9.32. The summed E-state index contributed by atoms with van der Waals surface area (Å²) >= 11 is 0. The van der Waals surface area contributed by atoms with Crippen LogP contribution in [0.25, 0.3) is 16.6 Å². The molecule has 9 heteroatoms. The zero-order valence-corrected chi connectivity index (χ0v) is 17.9. The summed E-state index contributed by atoms with van der Waals surface area (Å²) in [6.07, 6.45) is 7.10. The van der Waals surface area contributed by atoms with E-state index in [0.717, 1.165) is 28.7 Å². The number of ether oxygens (including phenoxy) is 1. The molecule has 1 aliphatic heterocycles. The van der Waals surface area contributed by atoms with E-state index in [4.69, 9.17) is 10.5 Å². The molecule has 0 atom stereocenters. The highest BCUT2D eigenvalue weighted by molar-refractivity contribution is 5.94. The molecule has 4 N–H and O–H groups in total. The summed E-state index contributed by atoms with van der Waals surface area (Å²) < 4.78 is 5.45. The van der Waals surface area contributed by atoms with E-state index in [1.54, 1.807) is 11.1 Å². The second-order valence-corrected chi connectivity index (χ2v) is 7.95. The van der Waals surface area contributed by atoms with Crippen LogP contribution < -0.4 is 11.1 Å². The van der Waals surface area contributed by atoms with Crippen molar-refractivity contribution in [2.24, 2.45) is 10.7 Å². The fraction of sp³-hybridized carbons (Fsp3) is 0.429. The van der Waals surface area contributed by atoms with Crippen molar-refractivity contribution in [1.82, 2.24) is 19.9 Å². The molecule has 0 aromatic carbocycles. The number of fused-ring (bicyclic) bond motifs is 1. The zero-order valence-electron chi connectivity index (χ0n) is 17.9. The van der Waals surface area contributed by atoms with Gasteiger partial charge in [-0.2, -0.15) is 0 Å². The van der Waals surface area contributed by atoms with Gasteiger partial charge in [-0.15, -0.1) is 0 Å². The lowest BCUT2D eigenvalue weighted by Gasteiger charge is -2.29. The molecule has 0 bridgehead atoms. The van der Waals surface area contributed by atoms with Crippen molar-refractivity contribution in [3.8, 4) is 0 Å². The Morgan fingerprint density at radius 1 is 1.43 bits per heavy atom. The maximum atomic E-state index is 12.3. The lowest BCUT2D eigenvalue weighted by Crippen LogP contribution is -2.39. The minimum Gasteiger partial charge on any atom is -0.444 e. The van der Waals surface area contributed by atoms with Gasteiger partial charge in [0.05, 0.1) is 11.1 Å². The summed E-state index contributed by atoms with van der Waals surface area (Å²) in [5.74, 6) is 0.647. The molecule has 1 amide bonds. The number of H-pyrrole nitrogens is 1. The Bertz CT molecular complexity index is 998. The molecule has 1 aliphatic rings. The van der Waals surface area contributed by atoms with E-state index in [9.17, 15) is 4.79 Å². The first-order valence-electron chi connectivity index (χ1n) is 10.0. The first-order valence-corrected chi connectivity index (χ1v) is 10.0. The molecule has 160 valence electrons. The van der Waals surface area contributed by atoms with Gasteiger partial charge in [-0.25, -0.2) is 14.8 Å². The van der Waals surface area contributed by atoms with E-state index in [2.05, 4.69) is 25.3 Å². The van der Waals surface area contributed by atoms with E-state index < -0.39 is 5.60 Å². The summed E-state index contributed by atoms with van der Waals surface area (Å²) in [5, 5.41) is 4.05. The Balaban J connectivity index is 1.78. The van der Waals surface area contributed by atoms with Gasteiger partial charge in [0.1, 0.15) is 23.4 Å². The number of rotatable bonds is 5. The maximum Gasteiger partial charge on any atom is 0.410 e. The minimum atomic E-state index is -0.501. The molecular weight excluding hydrogens is 382 g/mol. The fourth-order valence-corrected chi connectivity index (χ4v) is 3.06. The van der Waals surface area contributed by atoms with Gasteiger partial charge < -0.3 is 25.7 Å². The normalized spacial score (nSPS) is 15.5. The number of amides is 1. The summed E-state index contributed by atoms with van der Waals surface area (Å²) in [4.78, 5) is 30.2. The Hall–Kier alpha value is -3.36. The number of nitrogens with zero attached hydrogens (tertiary/aromatic N) is 4. The lowest BCUT2D eigenvalue weighted by molar-refractivity contribution is 0.0270. The monoisotopic (exact) mass is 411 g/mol. The number of carbonyl (C=O) groups excluding carboxylic acids is 1. The number of anilines is 1. The molecule has 30 heavy (non-hydrogen) atoms. The molecule has 0 saturated carbocycles. The molecule has 0 spiro atoms. The fourth-order valence-electron chi connectivity index (χ4n) is 3.06. The predicted octanol–water partition coefficient (Wildman–Crippen LogP) is 3.28. The van der Waals surface area contributed by atoms with Gasteiger partial charge >= 0.3 is 6.09 Å². The third-order valence-corrected chi connectivity index (χ3v) is 4.49. The highest BCUT2D eigenvalue weighted by atomic mass is 16.6. The highest BCUT2D eigenvalue weighted by Gasteiger charge is 2.24. The molecule has 0 aliphatic carbocycles. The van der Waals surface area contributed by atoms with Crippen LogP contribution in [0.4, 0.5) is 10.6 Å². The number of nitrogens with two attached hydrogens (primary N) is 1. The van der Waals surface area contributed by atoms with Crippen molar-refractivity contribution in [2.45, 2.75) is 39.7 Å². The number of aliphatic imine (C=N–C) groups is 1. The van der Waals surface area contributed by atoms with Crippen molar-refractivity contribution in [3.63, 3.8) is 0 Å². The van der Waals surface area contributed by atoms with Crippen LogP contribution in [0.1, 0.15) is 39.8 Å². The molecule has 3 heterocycles. The first kappa shape index (κ1) is 21.4. The predicted molar refractivity (Wildman–Crippen MR) is 119 cm³/mol. The topological polar surface area (TPSA) is 122 Å². The van der Waals surface area contributed by atoms with Crippen LogP contribution in [-0.4, -0.2) is 57.4 Å². The van der Waals surface area contributed by atoms with Gasteiger partial charge in [0, 0.05) is 37.7 Å².